The Kier molecular flexibility index (Phi) is 4.07. The summed E-state index contributed by atoms with van der Waals surface area (Å²) in [5.41, 5.74) is 3.66. The van der Waals surface area contributed by atoms with E-state index in [0.717, 1.165) is 5.56 Å². The third-order valence-electron chi connectivity index (χ3n) is 3.26. The SMILES string of the molecule is COC(=O)c1ccc(C)c(NC(=O)c2c(C)n[nH]c2C)c1. The Bertz CT molecular complexity index is 685. The lowest BCUT2D eigenvalue weighted by molar-refractivity contribution is 0.0600. The molecule has 6 heteroatoms. The van der Waals surface area contributed by atoms with Crippen LogP contribution in [0.1, 0.15) is 37.7 Å². The van der Waals surface area contributed by atoms with E-state index in [4.69, 9.17) is 0 Å². The van der Waals surface area contributed by atoms with Gasteiger partial charge < -0.3 is 10.1 Å². The van der Waals surface area contributed by atoms with Crippen molar-refractivity contribution >= 4 is 17.6 Å². The van der Waals surface area contributed by atoms with Crippen molar-refractivity contribution in [2.45, 2.75) is 20.8 Å². The van der Waals surface area contributed by atoms with Crippen LogP contribution in [-0.2, 0) is 4.74 Å². The molecule has 1 amide bonds. The molecule has 0 unspecified atom stereocenters. The van der Waals surface area contributed by atoms with E-state index in [-0.39, 0.29) is 5.91 Å². The minimum Gasteiger partial charge on any atom is -0.465 e. The van der Waals surface area contributed by atoms with Gasteiger partial charge in [0.1, 0.15) is 0 Å². The Labute approximate surface area is 122 Å². The van der Waals surface area contributed by atoms with Gasteiger partial charge in [-0.05, 0) is 38.5 Å². The van der Waals surface area contributed by atoms with E-state index in [1.54, 1.807) is 32.0 Å². The van der Waals surface area contributed by atoms with E-state index >= 15 is 0 Å². The normalized spacial score (nSPS) is 10.3. The Hall–Kier alpha value is -2.63. The molecule has 0 atom stereocenters. The van der Waals surface area contributed by atoms with E-state index in [9.17, 15) is 9.59 Å². The summed E-state index contributed by atoms with van der Waals surface area (Å²) in [5.74, 6) is -0.704. The second kappa shape index (κ2) is 5.78. The molecule has 0 aliphatic rings. The standard InChI is InChI=1S/C15H17N3O3/c1-8-5-6-11(15(20)21-4)7-12(8)16-14(19)13-9(2)17-18-10(13)3/h5-7H,1-4H3,(H,16,19)(H,17,18). The fourth-order valence-corrected chi connectivity index (χ4v) is 2.07. The number of nitrogens with zero attached hydrogens (tertiary/aromatic N) is 1. The zero-order chi connectivity index (χ0) is 15.6. The van der Waals surface area contributed by atoms with Crippen molar-refractivity contribution in [3.63, 3.8) is 0 Å². The number of carbonyl (C=O) groups excluding carboxylic acids is 2. The quantitative estimate of drug-likeness (QED) is 0.849. The second-order valence-corrected chi connectivity index (χ2v) is 4.78. The molecule has 110 valence electrons. The first-order valence-electron chi connectivity index (χ1n) is 6.46. The van der Waals surface area contributed by atoms with Crippen molar-refractivity contribution in [2.75, 3.05) is 12.4 Å². The van der Waals surface area contributed by atoms with Gasteiger partial charge in [0.25, 0.3) is 5.91 Å². The highest BCUT2D eigenvalue weighted by atomic mass is 16.5. The number of carbonyl (C=O) groups is 2. The molecule has 0 fully saturated rings. The van der Waals surface area contributed by atoms with Gasteiger partial charge in [0.2, 0.25) is 0 Å². The zero-order valence-corrected chi connectivity index (χ0v) is 12.4. The summed E-state index contributed by atoms with van der Waals surface area (Å²) in [4.78, 5) is 23.9. The molecule has 0 saturated heterocycles. The van der Waals surface area contributed by atoms with E-state index in [1.807, 2.05) is 6.92 Å². The Morgan fingerprint density at radius 3 is 2.52 bits per heavy atom. The van der Waals surface area contributed by atoms with Crippen molar-refractivity contribution in [2.24, 2.45) is 0 Å². The lowest BCUT2D eigenvalue weighted by atomic mass is 10.1. The number of aryl methyl sites for hydroxylation is 3. The molecule has 1 aromatic heterocycles. The fraction of sp³-hybridized carbons (Fsp3) is 0.267. The van der Waals surface area contributed by atoms with Crippen molar-refractivity contribution in [3.8, 4) is 0 Å². The highest BCUT2D eigenvalue weighted by Gasteiger charge is 2.17. The molecule has 0 aliphatic carbocycles. The minimum absolute atomic E-state index is 0.260. The second-order valence-electron chi connectivity index (χ2n) is 4.78. The first kappa shape index (κ1) is 14.8. The molecular weight excluding hydrogens is 270 g/mol. The summed E-state index contributed by atoms with van der Waals surface area (Å²) < 4.78 is 4.68. The highest BCUT2D eigenvalue weighted by Crippen LogP contribution is 2.20. The van der Waals surface area contributed by atoms with Gasteiger partial charge in [-0.25, -0.2) is 4.79 Å². The first-order chi connectivity index (χ1) is 9.93. The summed E-state index contributed by atoms with van der Waals surface area (Å²) in [6, 6.07) is 5.02. The largest absolute Gasteiger partial charge is 0.465 e. The topological polar surface area (TPSA) is 84.1 Å². The molecule has 1 aromatic carbocycles. The number of H-pyrrole nitrogens is 1. The van der Waals surface area contributed by atoms with Crippen LogP contribution in [0, 0.1) is 20.8 Å². The van der Waals surface area contributed by atoms with E-state index in [1.165, 1.54) is 7.11 Å². The minimum atomic E-state index is -0.443. The van der Waals surface area contributed by atoms with Crippen molar-refractivity contribution in [1.82, 2.24) is 10.2 Å². The number of hydrogen-bond acceptors (Lipinski definition) is 4. The summed E-state index contributed by atoms with van der Waals surface area (Å²) in [6.45, 7) is 5.40. The number of rotatable bonds is 3. The molecular formula is C15H17N3O3. The molecule has 0 radical (unpaired) electrons. The lowest BCUT2D eigenvalue weighted by Crippen LogP contribution is -2.15. The molecule has 0 saturated carbocycles. The van der Waals surface area contributed by atoms with Crippen molar-refractivity contribution in [1.29, 1.82) is 0 Å². The Morgan fingerprint density at radius 1 is 1.24 bits per heavy atom. The van der Waals surface area contributed by atoms with Crippen LogP contribution in [0.5, 0.6) is 0 Å². The first-order valence-corrected chi connectivity index (χ1v) is 6.46. The van der Waals surface area contributed by atoms with Gasteiger partial charge in [-0.1, -0.05) is 6.07 Å². The summed E-state index contributed by atoms with van der Waals surface area (Å²) in [5, 5.41) is 9.58. The highest BCUT2D eigenvalue weighted by molar-refractivity contribution is 6.06. The summed E-state index contributed by atoms with van der Waals surface area (Å²) in [7, 11) is 1.32. The van der Waals surface area contributed by atoms with E-state index in [2.05, 4.69) is 20.3 Å². The maximum Gasteiger partial charge on any atom is 0.337 e. The Balaban J connectivity index is 2.31. The van der Waals surface area contributed by atoms with Crippen LogP contribution >= 0.6 is 0 Å². The van der Waals surface area contributed by atoms with Crippen LogP contribution in [0.2, 0.25) is 0 Å². The number of amides is 1. The van der Waals surface area contributed by atoms with Crippen LogP contribution in [-0.4, -0.2) is 29.2 Å². The number of aromatic amines is 1. The number of anilines is 1. The van der Waals surface area contributed by atoms with Crippen LogP contribution in [0.4, 0.5) is 5.69 Å². The predicted molar refractivity (Wildman–Crippen MR) is 78.5 cm³/mol. The van der Waals surface area contributed by atoms with Gasteiger partial charge >= 0.3 is 5.97 Å². The number of ether oxygens (including phenoxy) is 1. The van der Waals surface area contributed by atoms with Crippen LogP contribution in [0.15, 0.2) is 18.2 Å². The average Bonchev–Trinajstić information content (AvgIpc) is 2.79. The zero-order valence-electron chi connectivity index (χ0n) is 12.4. The number of aromatic nitrogens is 2. The molecule has 1 heterocycles. The summed E-state index contributed by atoms with van der Waals surface area (Å²) in [6.07, 6.45) is 0. The van der Waals surface area contributed by atoms with Crippen molar-refractivity contribution in [3.05, 3.63) is 46.3 Å². The van der Waals surface area contributed by atoms with E-state index in [0.29, 0.717) is 28.2 Å². The third kappa shape index (κ3) is 2.94. The molecule has 6 nitrogen and oxygen atoms in total. The Morgan fingerprint density at radius 2 is 1.95 bits per heavy atom. The van der Waals surface area contributed by atoms with Gasteiger partial charge in [-0.3, -0.25) is 9.89 Å². The lowest BCUT2D eigenvalue weighted by Gasteiger charge is -2.10. The molecule has 0 aliphatic heterocycles. The van der Waals surface area contributed by atoms with Crippen LogP contribution in [0.25, 0.3) is 0 Å². The van der Waals surface area contributed by atoms with Crippen LogP contribution < -0.4 is 5.32 Å². The number of benzene rings is 1. The maximum absolute atomic E-state index is 12.3. The number of nitrogens with one attached hydrogen (secondary N) is 2. The molecule has 0 spiro atoms. The van der Waals surface area contributed by atoms with Gasteiger partial charge in [0, 0.05) is 11.4 Å². The van der Waals surface area contributed by atoms with Gasteiger partial charge in [0.15, 0.2) is 0 Å². The van der Waals surface area contributed by atoms with E-state index < -0.39 is 5.97 Å². The molecule has 2 rings (SSSR count). The van der Waals surface area contributed by atoms with Gasteiger partial charge in [-0.15, -0.1) is 0 Å². The number of esters is 1. The molecule has 0 bridgehead atoms. The smallest absolute Gasteiger partial charge is 0.337 e. The summed E-state index contributed by atoms with van der Waals surface area (Å²) >= 11 is 0. The fourth-order valence-electron chi connectivity index (χ4n) is 2.07. The molecule has 2 N–H and O–H groups in total. The van der Waals surface area contributed by atoms with Gasteiger partial charge in [0.05, 0.1) is 23.9 Å². The average molecular weight is 287 g/mol. The number of hydrogen-bond donors (Lipinski definition) is 2. The number of methoxy groups -OCH3 is 1. The maximum atomic E-state index is 12.3. The van der Waals surface area contributed by atoms with Crippen LogP contribution in [0.3, 0.4) is 0 Å². The van der Waals surface area contributed by atoms with Gasteiger partial charge in [-0.2, -0.15) is 5.10 Å². The molecule has 21 heavy (non-hydrogen) atoms. The van der Waals surface area contributed by atoms with Crippen molar-refractivity contribution < 1.29 is 14.3 Å². The predicted octanol–water partition coefficient (Wildman–Crippen LogP) is 2.37. The molecule has 2 aromatic rings. The monoisotopic (exact) mass is 287 g/mol. The third-order valence-corrected chi connectivity index (χ3v) is 3.26.